The molecule has 1 N–H and O–H groups in total. The lowest BCUT2D eigenvalue weighted by Crippen LogP contribution is -2.44. The molecule has 0 saturated carbocycles. The van der Waals surface area contributed by atoms with Crippen LogP contribution in [0, 0.1) is 0 Å². The number of methoxy groups -OCH3 is 1. The lowest BCUT2D eigenvalue weighted by Gasteiger charge is -2.28. The van der Waals surface area contributed by atoms with Crippen LogP contribution in [0.25, 0.3) is 0 Å². The summed E-state index contributed by atoms with van der Waals surface area (Å²) in [6, 6.07) is 6.43. The number of alkyl halides is 3. The first-order valence-electron chi connectivity index (χ1n) is 7.99. The van der Waals surface area contributed by atoms with Crippen molar-refractivity contribution in [1.29, 1.82) is 0 Å². The molecule has 0 bridgehead atoms. The van der Waals surface area contributed by atoms with Gasteiger partial charge in [-0.25, -0.2) is 0 Å². The number of nitrogens with one attached hydrogen (secondary N) is 1. The topological polar surface area (TPSA) is 89.4 Å². The summed E-state index contributed by atoms with van der Waals surface area (Å²) in [5.74, 6) is -1.39. The van der Waals surface area contributed by atoms with Crippen molar-refractivity contribution >= 4 is 11.8 Å². The van der Waals surface area contributed by atoms with E-state index in [1.54, 1.807) is 18.2 Å². The Kier molecular flexibility index (Phi) is 5.02. The van der Waals surface area contributed by atoms with E-state index in [4.69, 9.17) is 4.74 Å². The van der Waals surface area contributed by atoms with E-state index < -0.39 is 23.8 Å². The SMILES string of the molecule is COc1cccc(C(=O)NCC(=O)N2CCn3c(nnc3C(F)(F)F)C2)c1. The van der Waals surface area contributed by atoms with Crippen molar-refractivity contribution in [3.63, 3.8) is 0 Å². The third-order valence-corrected chi connectivity index (χ3v) is 4.09. The number of carbonyl (C=O) groups is 2. The van der Waals surface area contributed by atoms with Crippen molar-refractivity contribution in [1.82, 2.24) is 25.0 Å². The lowest BCUT2D eigenvalue weighted by atomic mass is 10.2. The number of halogens is 3. The molecule has 2 heterocycles. The summed E-state index contributed by atoms with van der Waals surface area (Å²) in [6.45, 7) is -0.373. The van der Waals surface area contributed by atoms with Crippen LogP contribution in [0.3, 0.4) is 0 Å². The van der Waals surface area contributed by atoms with Gasteiger partial charge in [-0.2, -0.15) is 13.2 Å². The van der Waals surface area contributed by atoms with Gasteiger partial charge in [0, 0.05) is 18.7 Å². The Labute approximate surface area is 151 Å². The number of hydrogen-bond donors (Lipinski definition) is 1. The number of rotatable bonds is 4. The van der Waals surface area contributed by atoms with Gasteiger partial charge in [-0.15, -0.1) is 10.2 Å². The van der Waals surface area contributed by atoms with Gasteiger partial charge in [0.15, 0.2) is 5.82 Å². The summed E-state index contributed by atoms with van der Waals surface area (Å²) in [7, 11) is 1.47. The quantitative estimate of drug-likeness (QED) is 0.854. The minimum Gasteiger partial charge on any atom is -0.497 e. The Morgan fingerprint density at radius 2 is 2.04 bits per heavy atom. The number of benzene rings is 1. The van der Waals surface area contributed by atoms with Crippen molar-refractivity contribution in [3.05, 3.63) is 41.5 Å². The van der Waals surface area contributed by atoms with Crippen LogP contribution in [-0.2, 0) is 24.1 Å². The van der Waals surface area contributed by atoms with Crippen LogP contribution in [0.15, 0.2) is 24.3 Å². The molecule has 1 aliphatic rings. The molecule has 1 aliphatic heterocycles. The first-order valence-corrected chi connectivity index (χ1v) is 7.99. The molecule has 0 spiro atoms. The predicted molar refractivity (Wildman–Crippen MR) is 85.8 cm³/mol. The molecule has 0 radical (unpaired) electrons. The molecule has 11 heteroatoms. The highest BCUT2D eigenvalue weighted by atomic mass is 19.4. The Morgan fingerprint density at radius 3 is 2.74 bits per heavy atom. The second-order valence-electron chi connectivity index (χ2n) is 5.82. The Bertz CT molecular complexity index is 865. The van der Waals surface area contributed by atoms with Gasteiger partial charge in [0.25, 0.3) is 5.91 Å². The van der Waals surface area contributed by atoms with E-state index in [1.807, 2.05) is 0 Å². The molecule has 0 saturated heterocycles. The molecular formula is C16H16F3N5O3. The van der Waals surface area contributed by atoms with Crippen molar-refractivity contribution in [2.24, 2.45) is 0 Å². The summed E-state index contributed by atoms with van der Waals surface area (Å²) in [5.41, 5.74) is 0.329. The van der Waals surface area contributed by atoms with Gasteiger partial charge in [-0.1, -0.05) is 6.07 Å². The van der Waals surface area contributed by atoms with Gasteiger partial charge >= 0.3 is 6.18 Å². The molecule has 144 valence electrons. The zero-order valence-electron chi connectivity index (χ0n) is 14.3. The Balaban J connectivity index is 1.59. The maximum atomic E-state index is 12.8. The molecule has 0 atom stereocenters. The molecular weight excluding hydrogens is 367 g/mol. The first-order chi connectivity index (χ1) is 12.8. The highest BCUT2D eigenvalue weighted by Gasteiger charge is 2.39. The summed E-state index contributed by atoms with van der Waals surface area (Å²) >= 11 is 0. The fourth-order valence-electron chi connectivity index (χ4n) is 2.71. The maximum Gasteiger partial charge on any atom is 0.451 e. The standard InChI is InChI=1S/C16H16F3N5O3/c1-27-11-4-2-3-10(7-11)14(26)20-8-13(25)23-5-6-24-12(9-23)21-22-15(24)16(17,18)19/h2-4,7H,5-6,8-9H2,1H3,(H,20,26). The number of fused-ring (bicyclic) bond motifs is 1. The van der Waals surface area contributed by atoms with Crippen molar-refractivity contribution in [2.45, 2.75) is 19.3 Å². The van der Waals surface area contributed by atoms with Crippen LogP contribution in [-0.4, -0.2) is 51.7 Å². The van der Waals surface area contributed by atoms with Gasteiger partial charge in [-0.3, -0.25) is 9.59 Å². The molecule has 27 heavy (non-hydrogen) atoms. The molecule has 1 aromatic carbocycles. The average molecular weight is 383 g/mol. The van der Waals surface area contributed by atoms with Crippen LogP contribution >= 0.6 is 0 Å². The molecule has 1 aromatic heterocycles. The normalized spacial score (nSPS) is 13.9. The van der Waals surface area contributed by atoms with E-state index in [-0.39, 0.29) is 32.0 Å². The summed E-state index contributed by atoms with van der Waals surface area (Å²) in [6.07, 6.45) is -4.60. The number of aromatic nitrogens is 3. The molecule has 2 amide bonds. The van der Waals surface area contributed by atoms with E-state index in [9.17, 15) is 22.8 Å². The van der Waals surface area contributed by atoms with E-state index >= 15 is 0 Å². The maximum absolute atomic E-state index is 12.8. The Morgan fingerprint density at radius 1 is 1.26 bits per heavy atom. The monoisotopic (exact) mass is 383 g/mol. The van der Waals surface area contributed by atoms with Crippen LogP contribution < -0.4 is 10.1 Å². The summed E-state index contributed by atoms with van der Waals surface area (Å²) in [4.78, 5) is 25.7. The van der Waals surface area contributed by atoms with Gasteiger partial charge in [0.1, 0.15) is 5.75 Å². The van der Waals surface area contributed by atoms with E-state index in [2.05, 4.69) is 15.5 Å². The highest BCUT2D eigenvalue weighted by Crippen LogP contribution is 2.29. The van der Waals surface area contributed by atoms with Crippen LogP contribution in [0.5, 0.6) is 5.75 Å². The highest BCUT2D eigenvalue weighted by molar-refractivity contribution is 5.96. The smallest absolute Gasteiger partial charge is 0.451 e. The van der Waals surface area contributed by atoms with Crippen LogP contribution in [0.4, 0.5) is 13.2 Å². The molecule has 0 unspecified atom stereocenters. The molecule has 2 aromatic rings. The minimum absolute atomic E-state index is 0.0565. The van der Waals surface area contributed by atoms with Crippen LogP contribution in [0.2, 0.25) is 0 Å². The summed E-state index contributed by atoms with van der Waals surface area (Å²) in [5, 5.41) is 9.17. The summed E-state index contributed by atoms with van der Waals surface area (Å²) < 4.78 is 44.5. The van der Waals surface area contributed by atoms with Gasteiger partial charge < -0.3 is 19.5 Å². The van der Waals surface area contributed by atoms with Crippen molar-refractivity contribution in [2.75, 3.05) is 20.2 Å². The van der Waals surface area contributed by atoms with Crippen molar-refractivity contribution < 1.29 is 27.5 Å². The third-order valence-electron chi connectivity index (χ3n) is 4.09. The molecule has 0 fully saturated rings. The largest absolute Gasteiger partial charge is 0.497 e. The third kappa shape index (κ3) is 4.01. The minimum atomic E-state index is -4.60. The average Bonchev–Trinajstić information content (AvgIpc) is 3.09. The number of ether oxygens (including phenoxy) is 1. The number of hydrogen-bond acceptors (Lipinski definition) is 5. The zero-order chi connectivity index (χ0) is 19.6. The lowest BCUT2D eigenvalue weighted by molar-refractivity contribution is -0.148. The number of nitrogens with zero attached hydrogens (tertiary/aromatic N) is 4. The number of amides is 2. The van der Waals surface area contributed by atoms with E-state index in [0.717, 1.165) is 4.57 Å². The second-order valence-corrected chi connectivity index (χ2v) is 5.82. The fourth-order valence-corrected chi connectivity index (χ4v) is 2.71. The predicted octanol–water partition coefficient (Wildman–Crippen LogP) is 1.08. The van der Waals surface area contributed by atoms with Gasteiger partial charge in [0.05, 0.1) is 20.2 Å². The second kappa shape index (κ2) is 7.25. The first kappa shape index (κ1) is 18.7. The van der Waals surface area contributed by atoms with E-state index in [0.29, 0.717) is 11.3 Å². The zero-order valence-corrected chi connectivity index (χ0v) is 14.3. The Hall–Kier alpha value is -3.11. The van der Waals surface area contributed by atoms with Gasteiger partial charge in [0.2, 0.25) is 11.7 Å². The van der Waals surface area contributed by atoms with Gasteiger partial charge in [-0.05, 0) is 18.2 Å². The molecule has 0 aliphatic carbocycles. The van der Waals surface area contributed by atoms with E-state index in [1.165, 1.54) is 18.1 Å². The molecule has 8 nitrogen and oxygen atoms in total. The fraction of sp³-hybridized carbons (Fsp3) is 0.375. The van der Waals surface area contributed by atoms with Crippen LogP contribution in [0.1, 0.15) is 22.0 Å². The number of carbonyl (C=O) groups excluding carboxylic acids is 2. The van der Waals surface area contributed by atoms with Crippen molar-refractivity contribution in [3.8, 4) is 5.75 Å². The molecule has 3 rings (SSSR count).